The SMILES string of the molecule is CC[C@H](C(=O)NC1CCCC1)N(Cc1cccc(OC)c1)C(=O)CN(c1cc(Cl)ccc1OC)S(=O)(=O)c1ccc(OC)c(OC)c1. The van der Waals surface area contributed by atoms with Crippen molar-refractivity contribution in [3.05, 3.63) is 71.2 Å². The van der Waals surface area contributed by atoms with Gasteiger partial charge in [0.25, 0.3) is 10.0 Å². The van der Waals surface area contributed by atoms with Gasteiger partial charge in [-0.05, 0) is 67.3 Å². The minimum absolute atomic E-state index is 0.0305. The van der Waals surface area contributed by atoms with E-state index >= 15 is 0 Å². The number of hydrogen-bond acceptors (Lipinski definition) is 8. The van der Waals surface area contributed by atoms with Crippen LogP contribution in [-0.2, 0) is 26.2 Å². The first-order valence-electron chi connectivity index (χ1n) is 15.4. The van der Waals surface area contributed by atoms with E-state index in [1.807, 2.05) is 13.0 Å². The third-order valence-corrected chi connectivity index (χ3v) is 10.2. The molecule has 0 heterocycles. The lowest BCUT2D eigenvalue weighted by molar-refractivity contribution is -0.140. The number of sulfonamides is 1. The molecule has 2 amide bonds. The highest BCUT2D eigenvalue weighted by Gasteiger charge is 2.36. The maximum atomic E-state index is 14.5. The van der Waals surface area contributed by atoms with E-state index in [0.29, 0.717) is 23.5 Å². The average Bonchev–Trinajstić information content (AvgIpc) is 3.59. The van der Waals surface area contributed by atoms with Gasteiger partial charge < -0.3 is 29.2 Å². The van der Waals surface area contributed by atoms with Crippen LogP contribution in [0.2, 0.25) is 5.02 Å². The van der Waals surface area contributed by atoms with Gasteiger partial charge in [0, 0.05) is 23.7 Å². The van der Waals surface area contributed by atoms with E-state index in [4.69, 9.17) is 30.5 Å². The zero-order valence-corrected chi connectivity index (χ0v) is 28.9. The fourth-order valence-electron chi connectivity index (χ4n) is 5.73. The van der Waals surface area contributed by atoms with E-state index in [-0.39, 0.29) is 45.6 Å². The molecular weight excluding hydrogens is 646 g/mol. The van der Waals surface area contributed by atoms with E-state index in [1.165, 1.54) is 56.6 Å². The van der Waals surface area contributed by atoms with Crippen LogP contribution in [0, 0.1) is 0 Å². The van der Waals surface area contributed by atoms with Crippen LogP contribution < -0.4 is 28.6 Å². The highest BCUT2D eigenvalue weighted by molar-refractivity contribution is 7.92. The van der Waals surface area contributed by atoms with Crippen LogP contribution in [0.1, 0.15) is 44.6 Å². The second-order valence-electron chi connectivity index (χ2n) is 11.1. The van der Waals surface area contributed by atoms with Crippen LogP contribution in [0.3, 0.4) is 0 Å². The number of ether oxygens (including phenoxy) is 4. The van der Waals surface area contributed by atoms with Crippen molar-refractivity contribution in [3.63, 3.8) is 0 Å². The number of nitrogens with one attached hydrogen (secondary N) is 1. The van der Waals surface area contributed by atoms with Gasteiger partial charge in [-0.2, -0.15) is 0 Å². The molecule has 0 radical (unpaired) electrons. The Morgan fingerprint density at radius 1 is 0.894 bits per heavy atom. The Balaban J connectivity index is 1.81. The first kappa shape index (κ1) is 35.7. The summed E-state index contributed by atoms with van der Waals surface area (Å²) < 4.78 is 51.4. The summed E-state index contributed by atoms with van der Waals surface area (Å²) in [4.78, 5) is 29.5. The van der Waals surface area contributed by atoms with Gasteiger partial charge in [-0.3, -0.25) is 13.9 Å². The summed E-state index contributed by atoms with van der Waals surface area (Å²) in [5.41, 5.74) is 0.757. The first-order chi connectivity index (χ1) is 22.6. The summed E-state index contributed by atoms with van der Waals surface area (Å²) >= 11 is 6.36. The number of nitrogens with zero attached hydrogens (tertiary/aromatic N) is 2. The molecule has 3 aromatic rings. The summed E-state index contributed by atoms with van der Waals surface area (Å²) in [6, 6.07) is 15.0. The highest BCUT2D eigenvalue weighted by Crippen LogP contribution is 2.37. The summed E-state index contributed by atoms with van der Waals surface area (Å²) in [5, 5.41) is 3.34. The Morgan fingerprint density at radius 3 is 2.21 bits per heavy atom. The van der Waals surface area contributed by atoms with Gasteiger partial charge in [-0.25, -0.2) is 8.42 Å². The molecule has 0 bridgehead atoms. The van der Waals surface area contributed by atoms with Crippen LogP contribution in [0.4, 0.5) is 5.69 Å². The summed E-state index contributed by atoms with van der Waals surface area (Å²) in [6.07, 6.45) is 4.10. The van der Waals surface area contributed by atoms with Gasteiger partial charge in [0.15, 0.2) is 11.5 Å². The second kappa shape index (κ2) is 16.1. The molecule has 11 nitrogen and oxygen atoms in total. The summed E-state index contributed by atoms with van der Waals surface area (Å²) in [6.45, 7) is 1.19. The number of carbonyl (C=O) groups excluding carboxylic acids is 2. The quantitative estimate of drug-likeness (QED) is 0.224. The normalized spacial score (nSPS) is 13.8. The number of rotatable bonds is 15. The topological polar surface area (TPSA) is 124 Å². The number of amides is 2. The van der Waals surface area contributed by atoms with Gasteiger partial charge in [0.1, 0.15) is 24.1 Å². The minimum Gasteiger partial charge on any atom is -0.497 e. The fourth-order valence-corrected chi connectivity index (χ4v) is 7.33. The smallest absolute Gasteiger partial charge is 0.265 e. The zero-order valence-electron chi connectivity index (χ0n) is 27.3. The summed E-state index contributed by atoms with van der Waals surface area (Å²) in [7, 11) is 1.32. The molecule has 0 aliphatic heterocycles. The Kier molecular flexibility index (Phi) is 12.2. The lowest BCUT2D eigenvalue weighted by atomic mass is 10.1. The Labute approximate surface area is 281 Å². The van der Waals surface area contributed by atoms with E-state index in [0.717, 1.165) is 30.0 Å². The molecular formula is C34H42ClN3O8S. The average molecular weight is 688 g/mol. The maximum Gasteiger partial charge on any atom is 0.265 e. The molecule has 47 heavy (non-hydrogen) atoms. The Hall–Kier alpha value is -4.16. The maximum absolute atomic E-state index is 14.5. The fraction of sp³-hybridized carbons (Fsp3) is 0.412. The monoisotopic (exact) mass is 687 g/mol. The van der Waals surface area contributed by atoms with Gasteiger partial charge in [-0.1, -0.05) is 43.5 Å². The first-order valence-corrected chi connectivity index (χ1v) is 17.2. The predicted molar refractivity (Wildman–Crippen MR) is 180 cm³/mol. The van der Waals surface area contributed by atoms with Crippen LogP contribution in [-0.4, -0.2) is 72.2 Å². The molecule has 1 fully saturated rings. The third-order valence-electron chi connectivity index (χ3n) is 8.21. The molecule has 4 rings (SSSR count). The van der Waals surface area contributed by atoms with Crippen molar-refractivity contribution in [2.24, 2.45) is 0 Å². The van der Waals surface area contributed by atoms with Crippen LogP contribution in [0.15, 0.2) is 65.6 Å². The molecule has 1 saturated carbocycles. The minimum atomic E-state index is -4.45. The standard InChI is InChI=1S/C34H42ClN3O8S/c1-6-28(34(40)36-25-11-7-8-12-25)37(21-23-10-9-13-26(18-23)43-2)33(39)22-38(29-19-24(35)14-16-30(29)44-3)47(41,42)27-15-17-31(45-4)32(20-27)46-5/h9-10,13-20,25,28H,6-8,11-12,21-22H2,1-5H3,(H,36,40)/t28-/m1/s1. The summed E-state index contributed by atoms with van der Waals surface area (Å²) in [5.74, 6) is 0.388. The number of methoxy groups -OCH3 is 4. The van der Waals surface area contributed by atoms with Gasteiger partial charge in [-0.15, -0.1) is 0 Å². The van der Waals surface area contributed by atoms with E-state index < -0.39 is 28.5 Å². The Morgan fingerprint density at radius 2 is 1.57 bits per heavy atom. The number of carbonyl (C=O) groups is 2. The molecule has 0 spiro atoms. The van der Waals surface area contributed by atoms with Crippen LogP contribution in [0.25, 0.3) is 0 Å². The van der Waals surface area contributed by atoms with Crippen LogP contribution >= 0.6 is 11.6 Å². The zero-order chi connectivity index (χ0) is 34.1. The van der Waals surface area contributed by atoms with Crippen molar-refractivity contribution in [2.45, 2.75) is 62.6 Å². The number of anilines is 1. The van der Waals surface area contributed by atoms with Gasteiger partial charge >= 0.3 is 0 Å². The number of halogens is 1. The molecule has 254 valence electrons. The van der Waals surface area contributed by atoms with Crippen LogP contribution in [0.5, 0.6) is 23.0 Å². The highest BCUT2D eigenvalue weighted by atomic mass is 35.5. The van der Waals surface area contributed by atoms with Crippen molar-refractivity contribution in [2.75, 3.05) is 39.3 Å². The number of hydrogen-bond donors (Lipinski definition) is 1. The molecule has 13 heteroatoms. The molecule has 1 aliphatic rings. The van der Waals surface area contributed by atoms with E-state index in [9.17, 15) is 18.0 Å². The van der Waals surface area contributed by atoms with Crippen molar-refractivity contribution >= 4 is 39.1 Å². The van der Waals surface area contributed by atoms with Crippen molar-refractivity contribution in [3.8, 4) is 23.0 Å². The predicted octanol–water partition coefficient (Wildman–Crippen LogP) is 5.44. The molecule has 0 unspecified atom stereocenters. The second-order valence-corrected chi connectivity index (χ2v) is 13.4. The van der Waals surface area contributed by atoms with Crippen molar-refractivity contribution < 1.29 is 37.0 Å². The van der Waals surface area contributed by atoms with Gasteiger partial charge in [0.2, 0.25) is 11.8 Å². The molecule has 0 saturated heterocycles. The molecule has 1 atom stereocenters. The molecule has 1 N–H and O–H groups in total. The molecule has 0 aromatic heterocycles. The number of benzene rings is 3. The van der Waals surface area contributed by atoms with E-state index in [2.05, 4.69) is 5.32 Å². The lowest BCUT2D eigenvalue weighted by Gasteiger charge is -2.34. The van der Waals surface area contributed by atoms with Gasteiger partial charge in [0.05, 0.1) is 39.0 Å². The lowest BCUT2D eigenvalue weighted by Crippen LogP contribution is -2.53. The third kappa shape index (κ3) is 8.41. The largest absolute Gasteiger partial charge is 0.497 e. The van der Waals surface area contributed by atoms with Crippen molar-refractivity contribution in [1.82, 2.24) is 10.2 Å². The molecule has 1 aliphatic carbocycles. The Bertz CT molecular complexity index is 1660. The van der Waals surface area contributed by atoms with Crippen molar-refractivity contribution in [1.29, 1.82) is 0 Å². The van der Waals surface area contributed by atoms with E-state index in [1.54, 1.807) is 31.4 Å². The molecule has 3 aromatic carbocycles.